The summed E-state index contributed by atoms with van der Waals surface area (Å²) in [6.45, 7) is 8.78. The van der Waals surface area contributed by atoms with Crippen molar-refractivity contribution in [1.82, 2.24) is 4.90 Å². The van der Waals surface area contributed by atoms with Gasteiger partial charge >= 0.3 is 0 Å². The van der Waals surface area contributed by atoms with Crippen molar-refractivity contribution in [3.63, 3.8) is 0 Å². The Kier molecular flexibility index (Phi) is 7.22. The zero-order chi connectivity index (χ0) is 22.5. The van der Waals surface area contributed by atoms with Gasteiger partial charge in [0.1, 0.15) is 0 Å². The molecule has 2 aliphatic heterocycles. The van der Waals surface area contributed by atoms with E-state index < -0.39 is 0 Å². The molecule has 1 unspecified atom stereocenters. The molecule has 2 heterocycles. The zero-order valence-corrected chi connectivity index (χ0v) is 19.0. The molecule has 0 bridgehead atoms. The van der Waals surface area contributed by atoms with E-state index in [9.17, 15) is 9.59 Å². The molecule has 6 heteroatoms. The van der Waals surface area contributed by atoms with Gasteiger partial charge in [-0.15, -0.1) is 0 Å². The number of hydrogen-bond acceptors (Lipinski definition) is 5. The molecule has 32 heavy (non-hydrogen) atoms. The lowest BCUT2D eigenvalue weighted by Gasteiger charge is -2.34. The van der Waals surface area contributed by atoms with Crippen LogP contribution >= 0.6 is 0 Å². The number of benzene rings is 2. The number of aryl methyl sites for hydroxylation is 1. The van der Waals surface area contributed by atoms with Crippen LogP contribution in [0.2, 0.25) is 0 Å². The first-order valence-electron chi connectivity index (χ1n) is 11.6. The first-order valence-corrected chi connectivity index (χ1v) is 11.6. The number of amides is 1. The van der Waals surface area contributed by atoms with Crippen molar-refractivity contribution in [2.45, 2.75) is 32.7 Å². The molecule has 2 fully saturated rings. The third-order valence-electron chi connectivity index (χ3n) is 6.67. The predicted octanol–water partition coefficient (Wildman–Crippen LogP) is 3.75. The number of likely N-dealkylation sites (tertiary alicyclic amines) is 1. The van der Waals surface area contributed by atoms with E-state index in [1.165, 1.54) is 0 Å². The molecule has 0 spiro atoms. The quantitative estimate of drug-likeness (QED) is 0.700. The Labute approximate surface area is 190 Å². The minimum absolute atomic E-state index is 0.00701. The third kappa shape index (κ3) is 5.37. The number of nitrogens with one attached hydrogen (secondary N) is 1. The van der Waals surface area contributed by atoms with Gasteiger partial charge in [0.05, 0.1) is 19.3 Å². The Morgan fingerprint density at radius 2 is 1.56 bits per heavy atom. The highest BCUT2D eigenvalue weighted by molar-refractivity contribution is 5.98. The van der Waals surface area contributed by atoms with E-state index in [0.717, 1.165) is 74.7 Å². The van der Waals surface area contributed by atoms with Gasteiger partial charge < -0.3 is 15.0 Å². The number of piperidine rings is 1. The second-order valence-corrected chi connectivity index (χ2v) is 8.85. The van der Waals surface area contributed by atoms with E-state index in [2.05, 4.69) is 15.1 Å². The smallest absolute Gasteiger partial charge is 0.241 e. The molecule has 4 rings (SSSR count). The summed E-state index contributed by atoms with van der Waals surface area (Å²) in [5.74, 6) is 0.256. The number of morpholine rings is 1. The molecule has 0 aliphatic carbocycles. The van der Waals surface area contributed by atoms with Gasteiger partial charge in [0.15, 0.2) is 5.78 Å². The summed E-state index contributed by atoms with van der Waals surface area (Å²) in [6, 6.07) is 15.6. The van der Waals surface area contributed by atoms with E-state index in [-0.39, 0.29) is 23.7 Å². The Morgan fingerprint density at radius 1 is 0.938 bits per heavy atom. The van der Waals surface area contributed by atoms with Gasteiger partial charge in [-0.25, -0.2) is 0 Å². The summed E-state index contributed by atoms with van der Waals surface area (Å²) >= 11 is 0. The number of carbonyl (C=O) groups excluding carboxylic acids is 2. The van der Waals surface area contributed by atoms with Gasteiger partial charge in [-0.3, -0.25) is 14.5 Å². The Bertz CT molecular complexity index is 912. The first kappa shape index (κ1) is 22.5. The first-order chi connectivity index (χ1) is 15.5. The van der Waals surface area contributed by atoms with Crippen molar-refractivity contribution < 1.29 is 14.3 Å². The van der Waals surface area contributed by atoms with Crippen LogP contribution < -0.4 is 10.2 Å². The highest BCUT2D eigenvalue weighted by Crippen LogP contribution is 2.24. The average Bonchev–Trinajstić information content (AvgIpc) is 2.85. The Balaban J connectivity index is 1.27. The molecule has 0 saturated carbocycles. The molecular formula is C26H33N3O3. The summed E-state index contributed by atoms with van der Waals surface area (Å²) in [6.07, 6.45) is 1.58. The molecule has 2 aromatic carbocycles. The molecular weight excluding hydrogens is 402 g/mol. The molecule has 2 saturated heterocycles. The molecule has 1 amide bonds. The van der Waals surface area contributed by atoms with Gasteiger partial charge in [-0.1, -0.05) is 29.8 Å². The zero-order valence-electron chi connectivity index (χ0n) is 19.0. The van der Waals surface area contributed by atoms with Gasteiger partial charge in [0.25, 0.3) is 0 Å². The Morgan fingerprint density at radius 3 is 2.19 bits per heavy atom. The monoisotopic (exact) mass is 435 g/mol. The van der Waals surface area contributed by atoms with Crippen LogP contribution in [0.3, 0.4) is 0 Å². The van der Waals surface area contributed by atoms with Crippen LogP contribution in [0.1, 0.15) is 35.7 Å². The summed E-state index contributed by atoms with van der Waals surface area (Å²) < 4.78 is 5.41. The number of hydrogen-bond donors (Lipinski definition) is 1. The topological polar surface area (TPSA) is 61.9 Å². The summed E-state index contributed by atoms with van der Waals surface area (Å²) in [7, 11) is 0. The van der Waals surface area contributed by atoms with E-state index in [0.29, 0.717) is 0 Å². The number of ketones is 1. The van der Waals surface area contributed by atoms with Crippen LogP contribution in [-0.2, 0) is 9.53 Å². The van der Waals surface area contributed by atoms with Gasteiger partial charge in [0, 0.05) is 35.9 Å². The van der Waals surface area contributed by atoms with Crippen LogP contribution in [0, 0.1) is 12.8 Å². The van der Waals surface area contributed by atoms with E-state index in [1.807, 2.05) is 62.4 Å². The fourth-order valence-electron chi connectivity index (χ4n) is 4.49. The molecule has 6 nitrogen and oxygen atoms in total. The van der Waals surface area contributed by atoms with Crippen molar-refractivity contribution in [2.75, 3.05) is 49.6 Å². The second kappa shape index (κ2) is 10.3. The number of Topliss-reactive ketones (excluding diaryl/α,β-unsaturated/α-hetero) is 1. The average molecular weight is 436 g/mol. The molecule has 2 aliphatic rings. The highest BCUT2D eigenvalue weighted by atomic mass is 16.5. The maximum atomic E-state index is 12.8. The molecule has 170 valence electrons. The van der Waals surface area contributed by atoms with Gasteiger partial charge in [-0.2, -0.15) is 0 Å². The number of rotatable bonds is 6. The molecule has 1 N–H and O–H groups in total. The number of carbonyl (C=O) groups is 2. The normalized spacial score (nSPS) is 18.9. The van der Waals surface area contributed by atoms with E-state index in [1.54, 1.807) is 0 Å². The Hall–Kier alpha value is -2.70. The van der Waals surface area contributed by atoms with E-state index >= 15 is 0 Å². The van der Waals surface area contributed by atoms with Crippen molar-refractivity contribution in [2.24, 2.45) is 5.92 Å². The number of anilines is 2. The molecule has 1 atom stereocenters. The lowest BCUT2D eigenvalue weighted by molar-refractivity contribution is -0.121. The van der Waals surface area contributed by atoms with E-state index in [4.69, 9.17) is 4.74 Å². The standard InChI is InChI=1S/C26H33N3O3/c1-19-3-5-21(6-4-19)25(30)22-11-13-28(14-12-22)20(2)26(31)27-23-7-9-24(10-8-23)29-15-17-32-18-16-29/h3-10,20,22H,11-18H2,1-2H3,(H,27,31). The molecule has 0 aromatic heterocycles. The number of nitrogens with zero attached hydrogens (tertiary/aromatic N) is 2. The lowest BCUT2D eigenvalue weighted by Crippen LogP contribution is -2.47. The molecule has 0 radical (unpaired) electrons. The third-order valence-corrected chi connectivity index (χ3v) is 6.67. The van der Waals surface area contributed by atoms with Crippen LogP contribution in [-0.4, -0.2) is 62.0 Å². The number of ether oxygens (including phenoxy) is 1. The van der Waals surface area contributed by atoms with Crippen LogP contribution in [0.4, 0.5) is 11.4 Å². The SMILES string of the molecule is Cc1ccc(C(=O)C2CCN(C(C)C(=O)Nc3ccc(N4CCOCC4)cc3)CC2)cc1. The predicted molar refractivity (Wildman–Crippen MR) is 127 cm³/mol. The van der Waals surface area contributed by atoms with Crippen LogP contribution in [0.15, 0.2) is 48.5 Å². The van der Waals surface area contributed by atoms with Crippen molar-refractivity contribution in [3.05, 3.63) is 59.7 Å². The van der Waals surface area contributed by atoms with Crippen molar-refractivity contribution in [3.8, 4) is 0 Å². The highest BCUT2D eigenvalue weighted by Gasteiger charge is 2.30. The van der Waals surface area contributed by atoms with Crippen LogP contribution in [0.25, 0.3) is 0 Å². The summed E-state index contributed by atoms with van der Waals surface area (Å²) in [4.78, 5) is 30.1. The van der Waals surface area contributed by atoms with Crippen molar-refractivity contribution >= 4 is 23.1 Å². The minimum Gasteiger partial charge on any atom is -0.378 e. The minimum atomic E-state index is -0.232. The van der Waals surface area contributed by atoms with Gasteiger partial charge in [0.2, 0.25) is 5.91 Å². The lowest BCUT2D eigenvalue weighted by atomic mass is 9.88. The van der Waals surface area contributed by atoms with Gasteiger partial charge in [-0.05, 0) is 64.0 Å². The van der Waals surface area contributed by atoms with Crippen molar-refractivity contribution in [1.29, 1.82) is 0 Å². The fraction of sp³-hybridized carbons (Fsp3) is 0.462. The maximum Gasteiger partial charge on any atom is 0.241 e. The van der Waals surface area contributed by atoms with Crippen LogP contribution in [0.5, 0.6) is 0 Å². The largest absolute Gasteiger partial charge is 0.378 e. The second-order valence-electron chi connectivity index (χ2n) is 8.85. The molecule has 2 aromatic rings. The maximum absolute atomic E-state index is 12.8. The fourth-order valence-corrected chi connectivity index (χ4v) is 4.49. The summed E-state index contributed by atoms with van der Waals surface area (Å²) in [5, 5.41) is 3.04. The summed E-state index contributed by atoms with van der Waals surface area (Å²) in [5.41, 5.74) is 3.91.